The van der Waals surface area contributed by atoms with Crippen LogP contribution in [0.1, 0.15) is 17.0 Å². The van der Waals surface area contributed by atoms with Gasteiger partial charge in [-0.25, -0.2) is 4.98 Å². The zero-order valence-corrected chi connectivity index (χ0v) is 14.5. The summed E-state index contributed by atoms with van der Waals surface area (Å²) in [7, 11) is 0. The van der Waals surface area contributed by atoms with Crippen LogP contribution in [0, 0.1) is 6.92 Å². The third-order valence-electron chi connectivity index (χ3n) is 4.28. The highest BCUT2D eigenvalue weighted by Gasteiger charge is 2.10. The first-order valence-electron chi connectivity index (χ1n) is 8.54. The molecule has 0 radical (unpaired) electrons. The molecule has 0 saturated heterocycles. The Balaban J connectivity index is 1.94. The van der Waals surface area contributed by atoms with Gasteiger partial charge in [0.1, 0.15) is 5.82 Å². The number of hydrogen-bond acceptors (Lipinski definition) is 2. The minimum absolute atomic E-state index is 0.0642. The minimum Gasteiger partial charge on any atom is -0.268 e. The molecule has 0 spiro atoms. The second-order valence-corrected chi connectivity index (χ2v) is 6.21. The molecule has 0 bridgehead atoms. The SMILES string of the molecule is Cc1cccc(/C=C/c2nc3ccccc3c(=O)n2-c2ccccc2)c1. The van der Waals surface area contributed by atoms with Crippen molar-refractivity contribution in [3.05, 3.63) is 106 Å². The molecule has 0 amide bonds. The zero-order valence-electron chi connectivity index (χ0n) is 14.5. The molecule has 1 aromatic heterocycles. The molecule has 4 aromatic rings. The van der Waals surface area contributed by atoms with Crippen molar-refractivity contribution < 1.29 is 0 Å². The molecule has 3 heteroatoms. The molecule has 0 atom stereocenters. The maximum Gasteiger partial charge on any atom is 0.266 e. The van der Waals surface area contributed by atoms with Crippen LogP contribution in [0.3, 0.4) is 0 Å². The lowest BCUT2D eigenvalue weighted by molar-refractivity contribution is 0.944. The van der Waals surface area contributed by atoms with E-state index < -0.39 is 0 Å². The Morgan fingerprint density at radius 2 is 1.62 bits per heavy atom. The first-order valence-corrected chi connectivity index (χ1v) is 8.54. The summed E-state index contributed by atoms with van der Waals surface area (Å²) in [6.07, 6.45) is 3.89. The highest BCUT2D eigenvalue weighted by atomic mass is 16.1. The summed E-state index contributed by atoms with van der Waals surface area (Å²) in [6, 6.07) is 25.3. The van der Waals surface area contributed by atoms with Gasteiger partial charge in [-0.15, -0.1) is 0 Å². The molecule has 1 heterocycles. The lowest BCUT2D eigenvalue weighted by atomic mass is 10.1. The van der Waals surface area contributed by atoms with Gasteiger partial charge in [-0.05, 0) is 42.8 Å². The summed E-state index contributed by atoms with van der Waals surface area (Å²) < 4.78 is 1.66. The minimum atomic E-state index is -0.0642. The molecule has 126 valence electrons. The molecule has 26 heavy (non-hydrogen) atoms. The van der Waals surface area contributed by atoms with E-state index in [2.05, 4.69) is 19.1 Å². The Kier molecular flexibility index (Phi) is 4.20. The second kappa shape index (κ2) is 6.81. The van der Waals surface area contributed by atoms with Crippen molar-refractivity contribution in [2.24, 2.45) is 0 Å². The number of hydrogen-bond donors (Lipinski definition) is 0. The van der Waals surface area contributed by atoms with Gasteiger partial charge in [-0.1, -0.05) is 66.2 Å². The van der Waals surface area contributed by atoms with Crippen LogP contribution in [0.4, 0.5) is 0 Å². The van der Waals surface area contributed by atoms with Gasteiger partial charge in [0.25, 0.3) is 5.56 Å². The molecule has 0 aliphatic rings. The van der Waals surface area contributed by atoms with Gasteiger partial charge in [-0.2, -0.15) is 0 Å². The fraction of sp³-hybridized carbons (Fsp3) is 0.0435. The summed E-state index contributed by atoms with van der Waals surface area (Å²) >= 11 is 0. The Morgan fingerprint density at radius 1 is 0.846 bits per heavy atom. The van der Waals surface area contributed by atoms with Crippen LogP contribution in [0.2, 0.25) is 0 Å². The quantitative estimate of drug-likeness (QED) is 0.534. The van der Waals surface area contributed by atoms with Gasteiger partial charge in [0.15, 0.2) is 0 Å². The van der Waals surface area contributed by atoms with Gasteiger partial charge in [-0.3, -0.25) is 9.36 Å². The van der Waals surface area contributed by atoms with Gasteiger partial charge < -0.3 is 0 Å². The highest BCUT2D eigenvalue weighted by Crippen LogP contribution is 2.15. The van der Waals surface area contributed by atoms with Crippen LogP contribution in [0.5, 0.6) is 0 Å². The summed E-state index contributed by atoms with van der Waals surface area (Å²) in [5, 5.41) is 0.615. The first kappa shape index (κ1) is 16.0. The Bertz CT molecular complexity index is 1160. The molecule has 4 rings (SSSR count). The molecule has 0 aliphatic heterocycles. The average molecular weight is 338 g/mol. The number of fused-ring (bicyclic) bond motifs is 1. The number of aryl methyl sites for hydroxylation is 1. The Labute approximate surface area is 151 Å². The molecule has 0 N–H and O–H groups in total. The van der Waals surface area contributed by atoms with E-state index in [1.165, 1.54) is 5.56 Å². The monoisotopic (exact) mass is 338 g/mol. The normalized spacial score (nSPS) is 11.3. The molecule has 3 aromatic carbocycles. The Morgan fingerprint density at radius 3 is 2.42 bits per heavy atom. The van der Waals surface area contributed by atoms with Crippen molar-refractivity contribution >= 4 is 23.1 Å². The van der Waals surface area contributed by atoms with Gasteiger partial charge >= 0.3 is 0 Å². The van der Waals surface area contributed by atoms with Crippen molar-refractivity contribution in [1.82, 2.24) is 9.55 Å². The van der Waals surface area contributed by atoms with E-state index in [1.807, 2.05) is 78.9 Å². The van der Waals surface area contributed by atoms with Gasteiger partial charge in [0.05, 0.1) is 16.6 Å². The second-order valence-electron chi connectivity index (χ2n) is 6.21. The third-order valence-corrected chi connectivity index (χ3v) is 4.28. The van der Waals surface area contributed by atoms with Gasteiger partial charge in [0, 0.05) is 0 Å². The number of rotatable bonds is 3. The van der Waals surface area contributed by atoms with E-state index in [1.54, 1.807) is 4.57 Å². The van der Waals surface area contributed by atoms with Crippen LogP contribution in [0.25, 0.3) is 28.7 Å². The van der Waals surface area contributed by atoms with Crippen LogP contribution in [-0.4, -0.2) is 9.55 Å². The fourth-order valence-corrected chi connectivity index (χ4v) is 3.03. The molecular weight excluding hydrogens is 320 g/mol. The highest BCUT2D eigenvalue weighted by molar-refractivity contribution is 5.80. The van der Waals surface area contributed by atoms with E-state index in [0.717, 1.165) is 11.3 Å². The lowest BCUT2D eigenvalue weighted by Crippen LogP contribution is -2.22. The van der Waals surface area contributed by atoms with E-state index in [0.29, 0.717) is 16.7 Å². The molecule has 0 aliphatic carbocycles. The van der Waals surface area contributed by atoms with Crippen LogP contribution < -0.4 is 5.56 Å². The zero-order chi connectivity index (χ0) is 17.9. The van der Waals surface area contributed by atoms with E-state index in [-0.39, 0.29) is 5.56 Å². The van der Waals surface area contributed by atoms with E-state index in [9.17, 15) is 4.79 Å². The van der Waals surface area contributed by atoms with E-state index >= 15 is 0 Å². The lowest BCUT2D eigenvalue weighted by Gasteiger charge is -2.11. The maximum atomic E-state index is 13.1. The molecular formula is C23H18N2O. The van der Waals surface area contributed by atoms with Crippen molar-refractivity contribution in [2.45, 2.75) is 6.92 Å². The fourth-order valence-electron chi connectivity index (χ4n) is 3.03. The smallest absolute Gasteiger partial charge is 0.266 e. The van der Waals surface area contributed by atoms with E-state index in [4.69, 9.17) is 4.98 Å². The number of para-hydroxylation sites is 2. The number of nitrogens with zero attached hydrogens (tertiary/aromatic N) is 2. The predicted octanol–water partition coefficient (Wildman–Crippen LogP) is 4.86. The number of aromatic nitrogens is 2. The van der Waals surface area contributed by atoms with Gasteiger partial charge in [0.2, 0.25) is 0 Å². The standard InChI is InChI=1S/C23H18N2O/c1-17-8-7-9-18(16-17)14-15-22-24-21-13-6-5-12-20(21)23(26)25(22)19-10-3-2-4-11-19/h2-16H,1H3/b15-14+. The summed E-state index contributed by atoms with van der Waals surface area (Å²) in [5.74, 6) is 0.612. The van der Waals surface area contributed by atoms with Crippen LogP contribution in [0.15, 0.2) is 83.7 Å². The third kappa shape index (κ3) is 3.07. The van der Waals surface area contributed by atoms with Crippen LogP contribution >= 0.6 is 0 Å². The Hall–Kier alpha value is -3.46. The molecule has 3 nitrogen and oxygen atoms in total. The summed E-state index contributed by atoms with van der Waals surface area (Å²) in [6.45, 7) is 2.06. The molecule has 0 unspecified atom stereocenters. The predicted molar refractivity (Wildman–Crippen MR) is 107 cm³/mol. The summed E-state index contributed by atoms with van der Waals surface area (Å²) in [4.78, 5) is 17.8. The van der Waals surface area contributed by atoms with Crippen molar-refractivity contribution in [3.8, 4) is 5.69 Å². The topological polar surface area (TPSA) is 34.9 Å². The maximum absolute atomic E-state index is 13.1. The molecule has 0 fully saturated rings. The van der Waals surface area contributed by atoms with Crippen molar-refractivity contribution in [1.29, 1.82) is 0 Å². The van der Waals surface area contributed by atoms with Crippen molar-refractivity contribution in [2.75, 3.05) is 0 Å². The van der Waals surface area contributed by atoms with Crippen LogP contribution in [-0.2, 0) is 0 Å². The largest absolute Gasteiger partial charge is 0.268 e. The first-order chi connectivity index (χ1) is 12.7. The summed E-state index contributed by atoms with van der Waals surface area (Å²) in [5.41, 5.74) is 3.71. The van der Waals surface area contributed by atoms with Crippen molar-refractivity contribution in [3.63, 3.8) is 0 Å². The number of benzene rings is 3. The average Bonchev–Trinajstić information content (AvgIpc) is 2.67. The molecule has 0 saturated carbocycles.